The van der Waals surface area contributed by atoms with E-state index in [4.69, 9.17) is 4.65 Å². The molecule has 0 saturated carbocycles. The largest absolute Gasteiger partial charge is 0.707 e. The predicted octanol–water partition coefficient (Wildman–Crippen LogP) is 2.18. The molecule has 0 atom stereocenters. The number of hydrogen-bond donors (Lipinski definition) is 2. The molecule has 0 aliphatic rings. The van der Waals surface area contributed by atoms with Gasteiger partial charge >= 0.3 is 7.32 Å². The molecular weight excluding hydrogens is 350 g/mol. The summed E-state index contributed by atoms with van der Waals surface area (Å²) in [5, 5.41) is 23.1. The van der Waals surface area contributed by atoms with Crippen LogP contribution in [0.5, 0.6) is 5.75 Å². The van der Waals surface area contributed by atoms with Gasteiger partial charge in [0, 0.05) is 42.2 Å². The van der Waals surface area contributed by atoms with Crippen LogP contribution in [-0.4, -0.2) is 37.1 Å². The lowest BCUT2D eigenvalue weighted by Gasteiger charge is -2.12. The molecule has 2 N–H and O–H groups in total. The fourth-order valence-electron chi connectivity index (χ4n) is 2.82. The molecule has 9 heteroatoms. The minimum absolute atomic E-state index is 0.131. The molecule has 0 fully saturated rings. The van der Waals surface area contributed by atoms with E-state index in [1.165, 1.54) is 12.1 Å². The lowest BCUT2D eigenvalue weighted by molar-refractivity contribution is 0.289. The molecule has 1 aromatic carbocycles. The minimum Gasteiger partial charge on any atom is -0.511 e. The highest BCUT2D eigenvalue weighted by molar-refractivity contribution is 6.34. The second-order valence-corrected chi connectivity index (χ2v) is 5.93. The summed E-state index contributed by atoms with van der Waals surface area (Å²) in [5.74, 6) is -0.321. The second-order valence-electron chi connectivity index (χ2n) is 5.93. The van der Waals surface area contributed by atoms with Crippen molar-refractivity contribution in [2.24, 2.45) is 7.05 Å². The molecule has 3 aromatic heterocycles. The number of aromatic nitrogens is 4. The predicted molar refractivity (Wildman–Crippen MR) is 98.0 cm³/mol. The van der Waals surface area contributed by atoms with Gasteiger partial charge in [-0.2, -0.15) is 5.10 Å². The Morgan fingerprint density at radius 2 is 1.93 bits per heavy atom. The summed E-state index contributed by atoms with van der Waals surface area (Å²) >= 11 is 0. The Bertz CT molecular complexity index is 1130. The Hall–Kier alpha value is -3.30. The number of nitrogens with zero attached hydrogens (tertiary/aromatic N) is 4. The van der Waals surface area contributed by atoms with Gasteiger partial charge in [0.2, 0.25) is 0 Å². The summed E-state index contributed by atoms with van der Waals surface area (Å²) in [6, 6.07) is 9.37. The van der Waals surface area contributed by atoms with E-state index in [0.717, 1.165) is 11.1 Å². The van der Waals surface area contributed by atoms with Crippen molar-refractivity contribution in [3.8, 4) is 28.1 Å². The summed E-state index contributed by atoms with van der Waals surface area (Å²) in [7, 11) is -0.234. The maximum Gasteiger partial charge on any atom is 0.707 e. The molecule has 0 bridgehead atoms. The number of fused-ring (bicyclic) bond motifs is 1. The Labute approximate surface area is 153 Å². The van der Waals surface area contributed by atoms with Gasteiger partial charge in [0.25, 0.3) is 0 Å². The summed E-state index contributed by atoms with van der Waals surface area (Å²) in [4.78, 5) is 8.74. The third kappa shape index (κ3) is 3.37. The number of aryl methyl sites for hydroxylation is 1. The second kappa shape index (κ2) is 6.78. The Balaban J connectivity index is 1.91. The van der Waals surface area contributed by atoms with Crippen LogP contribution >= 0.6 is 0 Å². The number of benzene rings is 1. The molecule has 0 amide bonds. The molecule has 7 nitrogen and oxygen atoms in total. The highest BCUT2D eigenvalue weighted by atomic mass is 19.1. The van der Waals surface area contributed by atoms with E-state index in [-0.39, 0.29) is 17.0 Å². The van der Waals surface area contributed by atoms with Crippen LogP contribution in [0, 0.1) is 5.82 Å². The van der Waals surface area contributed by atoms with Crippen molar-refractivity contribution < 1.29 is 19.1 Å². The van der Waals surface area contributed by atoms with Crippen molar-refractivity contribution in [3.63, 3.8) is 0 Å². The third-order valence-electron chi connectivity index (χ3n) is 4.05. The van der Waals surface area contributed by atoms with Crippen LogP contribution in [-0.2, 0) is 7.05 Å². The van der Waals surface area contributed by atoms with Crippen molar-refractivity contribution in [2.45, 2.75) is 0 Å². The average Bonchev–Trinajstić information content (AvgIpc) is 3.07. The third-order valence-corrected chi connectivity index (χ3v) is 4.05. The molecular formula is C18H14BFN4O3. The van der Waals surface area contributed by atoms with Gasteiger partial charge in [0.05, 0.1) is 17.3 Å². The van der Waals surface area contributed by atoms with Crippen molar-refractivity contribution in [1.82, 2.24) is 19.7 Å². The molecule has 27 heavy (non-hydrogen) atoms. The zero-order chi connectivity index (χ0) is 19.0. The molecule has 134 valence electrons. The first-order valence-corrected chi connectivity index (χ1v) is 8.09. The lowest BCUT2D eigenvalue weighted by Crippen LogP contribution is -2.20. The van der Waals surface area contributed by atoms with Crippen LogP contribution in [0.25, 0.3) is 33.4 Å². The zero-order valence-corrected chi connectivity index (χ0v) is 14.2. The molecule has 0 aliphatic heterocycles. The van der Waals surface area contributed by atoms with Crippen molar-refractivity contribution in [2.75, 3.05) is 0 Å². The van der Waals surface area contributed by atoms with E-state index in [0.29, 0.717) is 11.0 Å². The first kappa shape index (κ1) is 17.1. The van der Waals surface area contributed by atoms with Crippen LogP contribution in [0.15, 0.2) is 55.0 Å². The Kier molecular flexibility index (Phi) is 4.31. The number of halogens is 1. The molecule has 4 aromatic rings. The number of rotatable bonds is 4. The first-order chi connectivity index (χ1) is 13.0. The van der Waals surface area contributed by atoms with Gasteiger partial charge in [-0.25, -0.2) is 14.4 Å². The SMILES string of the molecule is Cn1cc(-c2cnc3nc(-c4ccccc4F)cc(OB(O)O)c3c2)cn1. The van der Waals surface area contributed by atoms with Gasteiger partial charge < -0.3 is 14.7 Å². The number of hydrogen-bond acceptors (Lipinski definition) is 6. The quantitative estimate of drug-likeness (QED) is 0.540. The van der Waals surface area contributed by atoms with E-state index in [1.54, 1.807) is 48.4 Å². The summed E-state index contributed by atoms with van der Waals surface area (Å²) in [6.07, 6.45) is 5.13. The van der Waals surface area contributed by atoms with Crippen LogP contribution in [0.1, 0.15) is 0 Å². The van der Waals surface area contributed by atoms with Gasteiger partial charge in [0.1, 0.15) is 11.6 Å². The molecule has 3 heterocycles. The fraction of sp³-hybridized carbons (Fsp3) is 0.0556. The molecule has 0 aliphatic carbocycles. The highest BCUT2D eigenvalue weighted by Crippen LogP contribution is 2.32. The molecule has 0 unspecified atom stereocenters. The van der Waals surface area contributed by atoms with Gasteiger partial charge in [-0.3, -0.25) is 4.68 Å². The van der Waals surface area contributed by atoms with E-state index < -0.39 is 13.1 Å². The van der Waals surface area contributed by atoms with E-state index in [2.05, 4.69) is 15.1 Å². The summed E-state index contributed by atoms with van der Waals surface area (Å²) < 4.78 is 20.9. The minimum atomic E-state index is -2.04. The van der Waals surface area contributed by atoms with E-state index >= 15 is 0 Å². The average molecular weight is 364 g/mol. The zero-order valence-electron chi connectivity index (χ0n) is 14.2. The van der Waals surface area contributed by atoms with Crippen molar-refractivity contribution in [1.29, 1.82) is 0 Å². The highest BCUT2D eigenvalue weighted by Gasteiger charge is 2.18. The smallest absolute Gasteiger partial charge is 0.511 e. The molecule has 4 rings (SSSR count). The monoisotopic (exact) mass is 364 g/mol. The van der Waals surface area contributed by atoms with Gasteiger partial charge in [-0.1, -0.05) is 12.1 Å². The van der Waals surface area contributed by atoms with Crippen LogP contribution in [0.2, 0.25) is 0 Å². The normalized spacial score (nSPS) is 11.0. The Morgan fingerprint density at radius 1 is 1.11 bits per heavy atom. The van der Waals surface area contributed by atoms with E-state index in [1.807, 2.05) is 6.20 Å². The van der Waals surface area contributed by atoms with Crippen LogP contribution in [0.3, 0.4) is 0 Å². The van der Waals surface area contributed by atoms with Gasteiger partial charge in [-0.05, 0) is 18.2 Å². The summed E-state index contributed by atoms with van der Waals surface area (Å²) in [6.45, 7) is 0. The maximum absolute atomic E-state index is 14.1. The Morgan fingerprint density at radius 3 is 2.63 bits per heavy atom. The number of pyridine rings is 2. The van der Waals surface area contributed by atoms with E-state index in [9.17, 15) is 14.4 Å². The molecule has 0 spiro atoms. The first-order valence-electron chi connectivity index (χ1n) is 8.09. The van der Waals surface area contributed by atoms with Crippen molar-refractivity contribution >= 4 is 18.4 Å². The molecule has 0 radical (unpaired) electrons. The van der Waals surface area contributed by atoms with Gasteiger partial charge in [0.15, 0.2) is 5.65 Å². The van der Waals surface area contributed by atoms with Crippen LogP contribution in [0.4, 0.5) is 4.39 Å². The lowest BCUT2D eigenvalue weighted by atomic mass is 10.1. The fourth-order valence-corrected chi connectivity index (χ4v) is 2.82. The van der Waals surface area contributed by atoms with Crippen molar-refractivity contribution in [3.05, 3.63) is 60.8 Å². The summed E-state index contributed by atoms with van der Waals surface area (Å²) in [5.41, 5.74) is 2.42. The molecule has 0 saturated heterocycles. The van der Waals surface area contributed by atoms with Gasteiger partial charge in [-0.15, -0.1) is 0 Å². The standard InChI is InChI=1S/C18H14BFN4O3/c1-24-10-12(9-22-24)11-6-14-17(27-19(25)26)7-16(23-18(14)21-8-11)13-4-2-3-5-15(13)20/h2-10,25-26H,1H3. The van der Waals surface area contributed by atoms with Crippen LogP contribution < -0.4 is 4.65 Å². The maximum atomic E-state index is 14.1. The topological polar surface area (TPSA) is 93.3 Å².